The molecule has 1 fully saturated rings. The highest BCUT2D eigenvalue weighted by Gasteiger charge is 2.30. The highest BCUT2D eigenvalue weighted by atomic mass is 32.1. The van der Waals surface area contributed by atoms with Crippen LogP contribution in [0.5, 0.6) is 11.5 Å². The van der Waals surface area contributed by atoms with Crippen molar-refractivity contribution in [3.8, 4) is 11.5 Å². The largest absolute Gasteiger partial charge is 0.493 e. The number of carbonyl (C=O) groups is 1. The first-order valence-corrected chi connectivity index (χ1v) is 10.4. The third-order valence-corrected chi connectivity index (χ3v) is 6.74. The summed E-state index contributed by atoms with van der Waals surface area (Å²) in [5.74, 6) is 3.01. The van der Waals surface area contributed by atoms with Crippen LogP contribution in [0.2, 0.25) is 0 Å². The van der Waals surface area contributed by atoms with Crippen molar-refractivity contribution < 1.29 is 14.3 Å². The number of ether oxygens (including phenoxy) is 2. The van der Waals surface area contributed by atoms with Crippen LogP contribution in [0.3, 0.4) is 0 Å². The van der Waals surface area contributed by atoms with Crippen molar-refractivity contribution in [3.63, 3.8) is 0 Å². The number of piperidine rings is 1. The van der Waals surface area contributed by atoms with Gasteiger partial charge in [-0.2, -0.15) is 0 Å². The van der Waals surface area contributed by atoms with Crippen molar-refractivity contribution in [3.05, 3.63) is 45.1 Å². The van der Waals surface area contributed by atoms with Gasteiger partial charge in [-0.3, -0.25) is 4.79 Å². The van der Waals surface area contributed by atoms with Gasteiger partial charge in [-0.1, -0.05) is 6.07 Å². The smallest absolute Gasteiger partial charge is 0.263 e. The van der Waals surface area contributed by atoms with E-state index in [0.717, 1.165) is 74.8 Å². The molecule has 1 amide bonds. The highest BCUT2D eigenvalue weighted by Crippen LogP contribution is 2.42. The van der Waals surface area contributed by atoms with Crippen molar-refractivity contribution in [2.75, 3.05) is 26.3 Å². The van der Waals surface area contributed by atoms with E-state index in [1.165, 1.54) is 28.0 Å². The number of likely N-dealkylation sites (tertiary alicyclic amines) is 1. The van der Waals surface area contributed by atoms with E-state index >= 15 is 0 Å². The fraction of sp³-hybridized carbons (Fsp3) is 0.476. The summed E-state index contributed by atoms with van der Waals surface area (Å²) < 4.78 is 11.8. The van der Waals surface area contributed by atoms with Crippen molar-refractivity contribution in [1.82, 2.24) is 4.90 Å². The Morgan fingerprint density at radius 2 is 2.04 bits per heavy atom. The lowest BCUT2D eigenvalue weighted by molar-refractivity contribution is 0.0695. The summed E-state index contributed by atoms with van der Waals surface area (Å²) in [4.78, 5) is 15.4. The maximum Gasteiger partial charge on any atom is 0.263 e. The lowest BCUT2D eigenvalue weighted by atomic mass is 9.86. The van der Waals surface area contributed by atoms with Gasteiger partial charge < -0.3 is 14.4 Å². The van der Waals surface area contributed by atoms with Gasteiger partial charge in [0.1, 0.15) is 11.5 Å². The van der Waals surface area contributed by atoms with Gasteiger partial charge in [-0.05, 0) is 42.7 Å². The molecule has 4 nitrogen and oxygen atoms in total. The second-order valence-electron chi connectivity index (χ2n) is 7.43. The Morgan fingerprint density at radius 3 is 2.85 bits per heavy atom. The van der Waals surface area contributed by atoms with E-state index in [-0.39, 0.29) is 5.91 Å². The highest BCUT2D eigenvalue weighted by molar-refractivity contribution is 7.12. The van der Waals surface area contributed by atoms with E-state index in [2.05, 4.69) is 6.07 Å². The number of nitrogens with zero attached hydrogens (tertiary/aromatic N) is 1. The molecule has 136 valence electrons. The molecule has 2 aromatic rings. The zero-order chi connectivity index (χ0) is 17.5. The maximum atomic E-state index is 12.5. The summed E-state index contributed by atoms with van der Waals surface area (Å²) in [5.41, 5.74) is 4.06. The van der Waals surface area contributed by atoms with Gasteiger partial charge in [0.2, 0.25) is 0 Å². The predicted octanol–water partition coefficient (Wildman–Crippen LogP) is 3.71. The maximum absolute atomic E-state index is 12.5. The van der Waals surface area contributed by atoms with Gasteiger partial charge in [0.05, 0.1) is 18.1 Å². The van der Waals surface area contributed by atoms with E-state index < -0.39 is 0 Å². The third-order valence-electron chi connectivity index (χ3n) is 5.89. The van der Waals surface area contributed by atoms with Crippen molar-refractivity contribution in [2.45, 2.75) is 32.1 Å². The molecule has 0 N–H and O–H groups in total. The third kappa shape index (κ3) is 2.78. The molecule has 0 saturated carbocycles. The van der Waals surface area contributed by atoms with E-state index in [0.29, 0.717) is 5.92 Å². The molecule has 26 heavy (non-hydrogen) atoms. The fourth-order valence-corrected chi connectivity index (χ4v) is 5.18. The minimum Gasteiger partial charge on any atom is -0.493 e. The molecule has 0 unspecified atom stereocenters. The molecule has 5 heteroatoms. The Morgan fingerprint density at radius 1 is 1.19 bits per heavy atom. The lowest BCUT2D eigenvalue weighted by Crippen LogP contribution is -2.38. The van der Waals surface area contributed by atoms with Crippen LogP contribution in [0.25, 0.3) is 0 Å². The molecule has 0 radical (unpaired) electrons. The van der Waals surface area contributed by atoms with Gasteiger partial charge >= 0.3 is 0 Å². The molecule has 0 aliphatic carbocycles. The van der Waals surface area contributed by atoms with Crippen LogP contribution in [0.1, 0.15) is 39.2 Å². The van der Waals surface area contributed by atoms with E-state index in [4.69, 9.17) is 9.47 Å². The van der Waals surface area contributed by atoms with Crippen molar-refractivity contribution in [1.29, 1.82) is 0 Å². The molecule has 5 rings (SSSR count). The normalized spacial score (nSPS) is 19.0. The van der Waals surface area contributed by atoms with Gasteiger partial charge in [0.15, 0.2) is 0 Å². The van der Waals surface area contributed by atoms with Crippen molar-refractivity contribution in [2.24, 2.45) is 5.92 Å². The first kappa shape index (κ1) is 16.2. The lowest BCUT2D eigenvalue weighted by Gasteiger charge is -2.32. The van der Waals surface area contributed by atoms with Crippen LogP contribution in [-0.4, -0.2) is 37.1 Å². The Kier molecular flexibility index (Phi) is 4.12. The molecular weight excluding hydrogens is 346 g/mol. The van der Waals surface area contributed by atoms with Gasteiger partial charge in [-0.25, -0.2) is 0 Å². The zero-order valence-corrected chi connectivity index (χ0v) is 15.6. The summed E-state index contributed by atoms with van der Waals surface area (Å²) in [6.07, 6.45) is 5.17. The van der Waals surface area contributed by atoms with Gasteiger partial charge in [0.25, 0.3) is 5.91 Å². The van der Waals surface area contributed by atoms with Crippen LogP contribution in [0.15, 0.2) is 23.6 Å². The Balaban J connectivity index is 1.30. The number of fused-ring (bicyclic) bond motifs is 2. The summed E-state index contributed by atoms with van der Waals surface area (Å²) in [6.45, 7) is 3.30. The van der Waals surface area contributed by atoms with Crippen molar-refractivity contribution >= 4 is 17.2 Å². The van der Waals surface area contributed by atoms with Crippen LogP contribution >= 0.6 is 11.3 Å². The second-order valence-corrected chi connectivity index (χ2v) is 8.38. The van der Waals surface area contributed by atoms with Gasteiger partial charge in [-0.15, -0.1) is 11.3 Å². The van der Waals surface area contributed by atoms with E-state index in [1.54, 1.807) is 0 Å². The zero-order valence-electron chi connectivity index (χ0n) is 14.8. The number of carbonyl (C=O) groups excluding carboxylic acids is 1. The van der Waals surface area contributed by atoms with Gasteiger partial charge in [0, 0.05) is 42.6 Å². The first-order valence-electron chi connectivity index (χ1n) is 9.55. The van der Waals surface area contributed by atoms with E-state index in [1.807, 2.05) is 22.4 Å². The number of benzene rings is 1. The molecule has 0 spiro atoms. The van der Waals surface area contributed by atoms with E-state index in [9.17, 15) is 4.79 Å². The monoisotopic (exact) mass is 369 g/mol. The minimum atomic E-state index is 0.191. The number of hydrogen-bond donors (Lipinski definition) is 0. The number of amides is 1. The molecule has 4 heterocycles. The molecule has 3 aliphatic rings. The molecule has 0 bridgehead atoms. The average molecular weight is 369 g/mol. The predicted molar refractivity (Wildman–Crippen MR) is 101 cm³/mol. The summed E-state index contributed by atoms with van der Waals surface area (Å²) in [7, 11) is 0. The average Bonchev–Trinajstić information content (AvgIpc) is 3.42. The van der Waals surface area contributed by atoms with Crippen LogP contribution in [-0.2, 0) is 19.3 Å². The Hall–Kier alpha value is -2.01. The SMILES string of the molecule is O=C(c1cccs1)N1CCC(Cc2c3c(cc4c2OCC4)OCC3)CC1. The summed E-state index contributed by atoms with van der Waals surface area (Å²) >= 11 is 1.53. The Labute approximate surface area is 157 Å². The van der Waals surface area contributed by atoms with Crippen LogP contribution < -0.4 is 9.47 Å². The number of hydrogen-bond acceptors (Lipinski definition) is 4. The second kappa shape index (κ2) is 6.62. The number of rotatable bonds is 3. The first-order chi connectivity index (χ1) is 12.8. The molecule has 3 aliphatic heterocycles. The fourth-order valence-electron chi connectivity index (χ4n) is 4.49. The summed E-state index contributed by atoms with van der Waals surface area (Å²) in [6, 6.07) is 6.06. The minimum absolute atomic E-state index is 0.191. The van der Waals surface area contributed by atoms with Crippen LogP contribution in [0, 0.1) is 5.92 Å². The quantitative estimate of drug-likeness (QED) is 0.828. The molecule has 1 aromatic heterocycles. The topological polar surface area (TPSA) is 38.8 Å². The molecule has 0 atom stereocenters. The summed E-state index contributed by atoms with van der Waals surface area (Å²) in [5, 5.41) is 1.97. The molecular formula is C21H23NO3S. The molecule has 1 saturated heterocycles. The number of thiophene rings is 1. The Bertz CT molecular complexity index is 790. The van der Waals surface area contributed by atoms with Crippen LogP contribution in [0.4, 0.5) is 0 Å². The standard InChI is InChI=1S/C21H23NO3S/c23-21(19-2-1-11-26-19)22-7-3-14(4-8-22)12-17-16-6-10-24-18(16)13-15-5-9-25-20(15)17/h1-2,11,13-14H,3-10,12H2. The molecule has 1 aromatic carbocycles.